The summed E-state index contributed by atoms with van der Waals surface area (Å²) in [5.41, 5.74) is 1.99. The van der Waals surface area contributed by atoms with Gasteiger partial charge < -0.3 is 15.2 Å². The van der Waals surface area contributed by atoms with Crippen molar-refractivity contribution < 1.29 is 18.6 Å². The molecule has 0 radical (unpaired) electrons. The lowest BCUT2D eigenvalue weighted by Gasteiger charge is -2.04. The van der Waals surface area contributed by atoms with E-state index in [4.69, 9.17) is 10.2 Å². The smallest absolute Gasteiger partial charge is 0.268 e. The molecule has 0 spiro atoms. The second-order valence-corrected chi connectivity index (χ2v) is 6.73. The van der Waals surface area contributed by atoms with Crippen LogP contribution in [0, 0.1) is 6.92 Å². The maximum atomic E-state index is 12.1. The average Bonchev–Trinajstić information content (AvgIpc) is 3.27. The number of halogens is 1. The van der Waals surface area contributed by atoms with E-state index >= 15 is 0 Å². The van der Waals surface area contributed by atoms with E-state index in [0.29, 0.717) is 11.4 Å². The molecular formula is C15H19ClN4O4S. The number of rotatable bonds is 4. The maximum Gasteiger partial charge on any atom is 0.268 e. The van der Waals surface area contributed by atoms with Crippen LogP contribution in [0.4, 0.5) is 0 Å². The molecule has 1 aromatic carbocycles. The fourth-order valence-corrected chi connectivity index (χ4v) is 2.92. The van der Waals surface area contributed by atoms with Crippen LogP contribution in [0.5, 0.6) is 0 Å². The van der Waals surface area contributed by atoms with Crippen LogP contribution in [-0.2, 0) is 23.2 Å². The number of hydrogen-bond acceptors (Lipinski definition) is 6. The zero-order chi connectivity index (χ0) is 17.6. The molecule has 2 heterocycles. The molecule has 0 unspecified atom stereocenters. The Labute approximate surface area is 151 Å². The van der Waals surface area contributed by atoms with Gasteiger partial charge in [-0.05, 0) is 19.1 Å². The molecular weight excluding hydrogens is 368 g/mol. The molecule has 0 aliphatic carbocycles. The number of benzene rings is 1. The number of aryl methyl sites for hydroxylation is 1. The van der Waals surface area contributed by atoms with E-state index in [2.05, 4.69) is 15.0 Å². The summed E-state index contributed by atoms with van der Waals surface area (Å²) in [5, 5.41) is 17.2. The monoisotopic (exact) mass is 386 g/mol. The minimum Gasteiger partial charge on any atom is -0.390 e. The lowest BCUT2D eigenvalue weighted by Crippen LogP contribution is -2.10. The highest BCUT2D eigenvalue weighted by molar-refractivity contribution is 7.90. The van der Waals surface area contributed by atoms with Gasteiger partial charge in [0.25, 0.3) is 10.0 Å². The highest BCUT2D eigenvalue weighted by Gasteiger charge is 2.16. The standard InChI is InChI=1S/C11H12N2O3S.C4H6N2O.ClH/c1-9-2-4-11(5-3-9)17(15,16)13-6-10(7-14)12-8-13;7-2-4-1-5-3-6-4;/h2-6,8,14H,7H2,1H3;1,3,7H,2H2,(H,5,6);1H. The van der Waals surface area contributed by atoms with Crippen LogP contribution in [0.2, 0.25) is 0 Å². The third-order valence-corrected chi connectivity index (χ3v) is 4.71. The van der Waals surface area contributed by atoms with Crippen molar-refractivity contribution in [2.45, 2.75) is 25.0 Å². The first-order valence-electron chi connectivity index (χ1n) is 7.02. The van der Waals surface area contributed by atoms with Gasteiger partial charge in [-0.15, -0.1) is 12.4 Å². The average molecular weight is 387 g/mol. The van der Waals surface area contributed by atoms with Crippen LogP contribution < -0.4 is 0 Å². The van der Waals surface area contributed by atoms with E-state index in [-0.39, 0.29) is 30.5 Å². The molecule has 8 nitrogen and oxygen atoms in total. The molecule has 0 fully saturated rings. The largest absolute Gasteiger partial charge is 0.390 e. The first-order valence-corrected chi connectivity index (χ1v) is 8.46. The predicted octanol–water partition coefficient (Wildman–Crippen LogP) is 1.24. The molecule has 0 saturated heterocycles. The fourth-order valence-electron chi connectivity index (χ4n) is 1.77. The minimum atomic E-state index is -3.60. The molecule has 25 heavy (non-hydrogen) atoms. The SMILES string of the molecule is Cc1ccc(S(=O)(=O)n2cnc(CO)c2)cc1.Cl.OCc1c[nH]cn1. The Kier molecular flexibility index (Phi) is 7.78. The molecule has 0 bridgehead atoms. The van der Waals surface area contributed by atoms with Gasteiger partial charge in [-0.2, -0.15) is 0 Å². The highest BCUT2D eigenvalue weighted by Crippen LogP contribution is 2.14. The van der Waals surface area contributed by atoms with E-state index in [1.807, 2.05) is 6.92 Å². The van der Waals surface area contributed by atoms with Crippen molar-refractivity contribution in [3.05, 3.63) is 66.3 Å². The Morgan fingerprint density at radius 2 is 1.72 bits per heavy atom. The van der Waals surface area contributed by atoms with Gasteiger partial charge in [-0.3, -0.25) is 0 Å². The maximum absolute atomic E-state index is 12.1. The van der Waals surface area contributed by atoms with Crippen LogP contribution in [0.25, 0.3) is 0 Å². The van der Waals surface area contributed by atoms with E-state index in [9.17, 15) is 8.42 Å². The number of aliphatic hydroxyl groups is 2. The fraction of sp³-hybridized carbons (Fsp3) is 0.200. The molecule has 0 amide bonds. The van der Waals surface area contributed by atoms with Gasteiger partial charge in [0.15, 0.2) is 0 Å². The third kappa shape index (κ3) is 5.40. The van der Waals surface area contributed by atoms with Crippen molar-refractivity contribution in [1.82, 2.24) is 18.9 Å². The summed E-state index contributed by atoms with van der Waals surface area (Å²) in [6, 6.07) is 6.56. The zero-order valence-corrected chi connectivity index (χ0v) is 15.0. The number of aliphatic hydroxyl groups excluding tert-OH is 2. The van der Waals surface area contributed by atoms with Gasteiger partial charge >= 0.3 is 0 Å². The Balaban J connectivity index is 0.000000330. The molecule has 0 aliphatic rings. The van der Waals surface area contributed by atoms with E-state index < -0.39 is 10.0 Å². The van der Waals surface area contributed by atoms with Crippen LogP contribution >= 0.6 is 12.4 Å². The number of hydrogen-bond donors (Lipinski definition) is 3. The molecule has 0 saturated carbocycles. The van der Waals surface area contributed by atoms with E-state index in [1.54, 1.807) is 30.5 Å². The molecule has 10 heteroatoms. The second-order valence-electron chi connectivity index (χ2n) is 4.89. The summed E-state index contributed by atoms with van der Waals surface area (Å²) < 4.78 is 25.2. The molecule has 2 aromatic heterocycles. The summed E-state index contributed by atoms with van der Waals surface area (Å²) in [5.74, 6) is 0. The number of imidazole rings is 2. The Morgan fingerprint density at radius 1 is 1.08 bits per heavy atom. The lowest BCUT2D eigenvalue weighted by molar-refractivity contribution is 0.277. The highest BCUT2D eigenvalue weighted by atomic mass is 35.5. The molecule has 3 N–H and O–H groups in total. The van der Waals surface area contributed by atoms with Gasteiger partial charge in [0.2, 0.25) is 0 Å². The van der Waals surface area contributed by atoms with Gasteiger partial charge in [-0.1, -0.05) is 17.7 Å². The predicted molar refractivity (Wildman–Crippen MR) is 93.7 cm³/mol. The van der Waals surface area contributed by atoms with Crippen LogP contribution in [0.15, 0.2) is 54.2 Å². The van der Waals surface area contributed by atoms with Gasteiger partial charge in [-0.25, -0.2) is 22.4 Å². The summed E-state index contributed by atoms with van der Waals surface area (Å²) >= 11 is 0. The molecule has 3 aromatic rings. The summed E-state index contributed by atoms with van der Waals surface area (Å²) in [7, 11) is -3.60. The number of nitrogens with one attached hydrogen (secondary N) is 1. The molecule has 0 aliphatic heterocycles. The number of H-pyrrole nitrogens is 1. The number of aromatic amines is 1. The van der Waals surface area contributed by atoms with Crippen molar-refractivity contribution in [3.63, 3.8) is 0 Å². The quantitative estimate of drug-likeness (QED) is 0.620. The van der Waals surface area contributed by atoms with Gasteiger partial charge in [0.05, 0.1) is 35.8 Å². The first kappa shape index (κ1) is 20.8. The first-order chi connectivity index (χ1) is 11.5. The lowest BCUT2D eigenvalue weighted by atomic mass is 10.2. The van der Waals surface area contributed by atoms with Crippen molar-refractivity contribution in [3.8, 4) is 0 Å². The van der Waals surface area contributed by atoms with Crippen LogP contribution in [0.1, 0.15) is 17.0 Å². The van der Waals surface area contributed by atoms with E-state index in [1.165, 1.54) is 18.9 Å². The second kappa shape index (κ2) is 9.33. The zero-order valence-electron chi connectivity index (χ0n) is 13.4. The van der Waals surface area contributed by atoms with Crippen molar-refractivity contribution in [2.75, 3.05) is 0 Å². The normalized spacial score (nSPS) is 10.5. The Bertz CT molecular complexity index is 861. The van der Waals surface area contributed by atoms with Crippen molar-refractivity contribution in [1.29, 1.82) is 0 Å². The Hall–Kier alpha value is -2.20. The minimum absolute atomic E-state index is 0. The molecule has 136 valence electrons. The van der Waals surface area contributed by atoms with Crippen molar-refractivity contribution in [2.24, 2.45) is 0 Å². The molecule has 0 atom stereocenters. The van der Waals surface area contributed by atoms with E-state index in [0.717, 1.165) is 9.54 Å². The number of aromatic nitrogens is 4. The van der Waals surface area contributed by atoms with Crippen LogP contribution in [0.3, 0.4) is 0 Å². The summed E-state index contributed by atoms with van der Waals surface area (Å²) in [6.07, 6.45) is 5.67. The molecule has 3 rings (SSSR count). The third-order valence-electron chi connectivity index (χ3n) is 3.09. The summed E-state index contributed by atoms with van der Waals surface area (Å²) in [4.78, 5) is 10.4. The summed E-state index contributed by atoms with van der Waals surface area (Å²) in [6.45, 7) is 1.62. The van der Waals surface area contributed by atoms with Crippen molar-refractivity contribution >= 4 is 22.4 Å². The topological polar surface area (TPSA) is 121 Å². The Morgan fingerprint density at radius 3 is 2.16 bits per heavy atom. The van der Waals surface area contributed by atoms with Gasteiger partial charge in [0.1, 0.15) is 6.33 Å². The van der Waals surface area contributed by atoms with Gasteiger partial charge in [0, 0.05) is 12.4 Å². The van der Waals surface area contributed by atoms with Crippen LogP contribution in [-0.4, -0.2) is 37.6 Å². The number of nitrogens with zero attached hydrogens (tertiary/aromatic N) is 3.